The summed E-state index contributed by atoms with van der Waals surface area (Å²) < 4.78 is 5.14. The molecule has 0 amide bonds. The first-order valence-electron chi connectivity index (χ1n) is 7.00. The van der Waals surface area contributed by atoms with Crippen molar-refractivity contribution in [3.63, 3.8) is 0 Å². The Morgan fingerprint density at radius 1 is 1.26 bits per heavy atom. The van der Waals surface area contributed by atoms with Crippen molar-refractivity contribution in [2.45, 2.75) is 0 Å². The highest BCUT2D eigenvalue weighted by Crippen LogP contribution is 2.29. The monoisotopic (exact) mass is 327 g/mol. The van der Waals surface area contributed by atoms with Gasteiger partial charge in [-0.1, -0.05) is 31.4 Å². The van der Waals surface area contributed by atoms with Gasteiger partial charge in [0.2, 0.25) is 0 Å². The molecule has 1 N–H and O–H groups in total. The molecule has 4 heteroatoms. The molecule has 2 rings (SSSR count). The average molecular weight is 327 g/mol. The topological polar surface area (TPSA) is 38.3 Å². The van der Waals surface area contributed by atoms with Crippen LogP contribution in [0.3, 0.4) is 0 Å². The van der Waals surface area contributed by atoms with Crippen LogP contribution in [0.2, 0.25) is 0 Å². The van der Waals surface area contributed by atoms with Crippen LogP contribution >= 0.6 is 11.3 Å². The van der Waals surface area contributed by atoms with Crippen molar-refractivity contribution in [3.8, 4) is 16.2 Å². The van der Waals surface area contributed by atoms with Crippen molar-refractivity contribution < 1.29 is 9.53 Å². The van der Waals surface area contributed by atoms with Gasteiger partial charge in [-0.3, -0.25) is 4.79 Å². The van der Waals surface area contributed by atoms with Gasteiger partial charge in [-0.05, 0) is 42.0 Å². The second kappa shape index (κ2) is 10.2. The van der Waals surface area contributed by atoms with E-state index in [0.717, 1.165) is 33.1 Å². The van der Waals surface area contributed by atoms with E-state index in [1.807, 2.05) is 49.5 Å². The van der Waals surface area contributed by atoms with Crippen molar-refractivity contribution in [2.75, 3.05) is 14.2 Å². The van der Waals surface area contributed by atoms with Gasteiger partial charge < -0.3 is 10.1 Å². The third-order valence-corrected chi connectivity index (χ3v) is 3.96. The molecule has 1 aromatic heterocycles. The lowest BCUT2D eigenvalue weighted by Gasteiger charge is -2.01. The summed E-state index contributed by atoms with van der Waals surface area (Å²) >= 11 is 1.48. The highest BCUT2D eigenvalue weighted by molar-refractivity contribution is 7.17. The number of nitrogens with one attached hydrogen (secondary N) is 1. The van der Waals surface area contributed by atoms with Gasteiger partial charge in [0, 0.05) is 17.6 Å². The lowest BCUT2D eigenvalue weighted by molar-refractivity contribution is 0.112. The third-order valence-electron chi connectivity index (χ3n) is 2.90. The second-order valence-corrected chi connectivity index (χ2v) is 5.48. The third kappa shape index (κ3) is 5.96. The van der Waals surface area contributed by atoms with Crippen LogP contribution in [-0.4, -0.2) is 20.4 Å². The van der Waals surface area contributed by atoms with Crippen molar-refractivity contribution in [1.29, 1.82) is 0 Å². The Balaban J connectivity index is 0.000000284. The number of ether oxygens (including phenoxy) is 1. The number of hydrogen-bond acceptors (Lipinski definition) is 4. The Morgan fingerprint density at radius 3 is 2.52 bits per heavy atom. The van der Waals surface area contributed by atoms with E-state index in [9.17, 15) is 4.79 Å². The first-order valence-corrected chi connectivity index (χ1v) is 7.82. The Morgan fingerprint density at radius 2 is 2.04 bits per heavy atom. The molecule has 1 aromatic carbocycles. The molecule has 0 saturated heterocycles. The molecule has 0 fully saturated rings. The molecule has 1 heterocycles. The maximum Gasteiger partial charge on any atom is 0.160 e. The summed E-state index contributed by atoms with van der Waals surface area (Å²) in [5, 5.41) is 2.92. The van der Waals surface area contributed by atoms with Gasteiger partial charge in [-0.25, -0.2) is 0 Å². The molecule has 0 spiro atoms. The van der Waals surface area contributed by atoms with Crippen LogP contribution in [0.4, 0.5) is 0 Å². The van der Waals surface area contributed by atoms with Crippen LogP contribution in [-0.2, 0) is 0 Å². The lowest BCUT2D eigenvalue weighted by Crippen LogP contribution is -2.01. The summed E-state index contributed by atoms with van der Waals surface area (Å²) in [4.78, 5) is 12.4. The Kier molecular flexibility index (Phi) is 8.18. The maximum atomic E-state index is 10.6. The quantitative estimate of drug-likeness (QED) is 0.617. The van der Waals surface area contributed by atoms with Crippen molar-refractivity contribution in [3.05, 3.63) is 78.4 Å². The Hall–Kier alpha value is -2.59. The zero-order valence-electron chi connectivity index (χ0n) is 13.4. The van der Waals surface area contributed by atoms with Crippen LogP contribution in [0.15, 0.2) is 73.5 Å². The molecular weight excluding hydrogens is 306 g/mol. The zero-order chi connectivity index (χ0) is 17.1. The van der Waals surface area contributed by atoms with Crippen LogP contribution in [0.5, 0.6) is 5.75 Å². The van der Waals surface area contributed by atoms with Crippen LogP contribution in [0.1, 0.15) is 9.67 Å². The van der Waals surface area contributed by atoms with Gasteiger partial charge in [0.15, 0.2) is 6.29 Å². The SMILES string of the molecule is C=C/C=C(\C=C)NC.COc1cccc(-c2ccc(C=O)s2)c1. The number of thiophene rings is 1. The van der Waals surface area contributed by atoms with Gasteiger partial charge in [0.05, 0.1) is 12.0 Å². The number of aldehydes is 1. The van der Waals surface area contributed by atoms with Crippen molar-refractivity contribution in [1.82, 2.24) is 5.32 Å². The van der Waals surface area contributed by atoms with E-state index in [2.05, 4.69) is 18.5 Å². The number of carbonyl (C=O) groups excluding carboxylic acids is 1. The summed E-state index contributed by atoms with van der Waals surface area (Å²) in [5.74, 6) is 0.827. The smallest absolute Gasteiger partial charge is 0.160 e. The maximum absolute atomic E-state index is 10.6. The second-order valence-electron chi connectivity index (χ2n) is 4.36. The molecule has 0 saturated carbocycles. The predicted octanol–water partition coefficient (Wildman–Crippen LogP) is 4.70. The molecule has 0 aliphatic rings. The molecule has 0 unspecified atom stereocenters. The van der Waals surface area contributed by atoms with Gasteiger partial charge in [-0.15, -0.1) is 11.3 Å². The van der Waals surface area contributed by atoms with Gasteiger partial charge in [0.1, 0.15) is 5.75 Å². The number of hydrogen-bond donors (Lipinski definition) is 1. The lowest BCUT2D eigenvalue weighted by atomic mass is 10.2. The minimum absolute atomic E-state index is 0.743. The normalized spacial score (nSPS) is 10.1. The minimum Gasteiger partial charge on any atom is -0.497 e. The van der Waals surface area contributed by atoms with E-state index in [1.54, 1.807) is 19.3 Å². The van der Waals surface area contributed by atoms with E-state index >= 15 is 0 Å². The number of benzene rings is 1. The zero-order valence-corrected chi connectivity index (χ0v) is 14.2. The summed E-state index contributed by atoms with van der Waals surface area (Å²) in [5.41, 5.74) is 2.06. The van der Waals surface area contributed by atoms with Crippen molar-refractivity contribution in [2.24, 2.45) is 0 Å². The van der Waals surface area contributed by atoms with E-state index in [1.165, 1.54) is 11.3 Å². The first-order chi connectivity index (χ1) is 11.2. The standard InChI is InChI=1S/C12H10O2S.C7H11N/c1-14-10-4-2-3-9(7-10)12-6-5-11(8-13)15-12;1-4-6-7(5-2)8-3/h2-8H,1H3;4-6,8H,1-2H2,3H3/b;7-6+. The fourth-order valence-corrected chi connectivity index (χ4v) is 2.55. The predicted molar refractivity (Wildman–Crippen MR) is 99.2 cm³/mol. The molecule has 120 valence electrons. The molecule has 0 aliphatic heterocycles. The molecule has 0 bridgehead atoms. The Bertz CT molecular complexity index is 686. The van der Waals surface area contributed by atoms with Gasteiger partial charge in [-0.2, -0.15) is 0 Å². The summed E-state index contributed by atoms with van der Waals surface area (Å²) in [6.07, 6.45) is 6.18. The summed E-state index contributed by atoms with van der Waals surface area (Å²) in [7, 11) is 3.49. The van der Waals surface area contributed by atoms with E-state index < -0.39 is 0 Å². The van der Waals surface area contributed by atoms with Gasteiger partial charge in [0.25, 0.3) is 0 Å². The molecule has 2 aromatic rings. The van der Waals surface area contributed by atoms with Crippen LogP contribution in [0.25, 0.3) is 10.4 Å². The first kappa shape index (κ1) is 18.5. The number of likely N-dealkylation sites (N-methyl/N-ethyl adjacent to an activating group) is 1. The molecule has 0 aliphatic carbocycles. The minimum atomic E-state index is 0.743. The average Bonchev–Trinajstić information content (AvgIpc) is 3.09. The van der Waals surface area contributed by atoms with Crippen molar-refractivity contribution >= 4 is 17.6 Å². The molecule has 23 heavy (non-hydrogen) atoms. The van der Waals surface area contributed by atoms with Gasteiger partial charge >= 0.3 is 0 Å². The Labute approximate surface area is 141 Å². The molecule has 0 atom stereocenters. The highest BCUT2D eigenvalue weighted by atomic mass is 32.1. The number of carbonyl (C=O) groups is 1. The largest absolute Gasteiger partial charge is 0.497 e. The fourth-order valence-electron chi connectivity index (χ4n) is 1.73. The fraction of sp³-hybridized carbons (Fsp3) is 0.105. The molecule has 3 nitrogen and oxygen atoms in total. The molecular formula is C19H21NO2S. The van der Waals surface area contributed by atoms with E-state index in [4.69, 9.17) is 4.74 Å². The summed E-state index contributed by atoms with van der Waals surface area (Å²) in [6, 6.07) is 11.6. The number of allylic oxidation sites excluding steroid dienone is 3. The van der Waals surface area contributed by atoms with E-state index in [-0.39, 0.29) is 0 Å². The number of rotatable bonds is 6. The number of methoxy groups -OCH3 is 1. The summed E-state index contributed by atoms with van der Waals surface area (Å²) in [6.45, 7) is 7.10. The van der Waals surface area contributed by atoms with Crippen LogP contribution < -0.4 is 10.1 Å². The molecule has 0 radical (unpaired) electrons. The van der Waals surface area contributed by atoms with E-state index in [0.29, 0.717) is 0 Å². The van der Waals surface area contributed by atoms with Crippen LogP contribution in [0, 0.1) is 0 Å². The highest BCUT2D eigenvalue weighted by Gasteiger charge is 2.02.